The molecule has 0 radical (unpaired) electrons. The molecule has 0 heterocycles. The van der Waals surface area contributed by atoms with Gasteiger partial charge < -0.3 is 5.73 Å². The van der Waals surface area contributed by atoms with E-state index >= 15 is 0 Å². The first-order valence-corrected chi connectivity index (χ1v) is 8.36. The molecular formula is C14H20F3NO2S. The van der Waals surface area contributed by atoms with Gasteiger partial charge in [-0.05, 0) is 37.1 Å². The smallest absolute Gasteiger partial charge is 0.327 e. The molecule has 0 amide bonds. The highest BCUT2D eigenvalue weighted by Crippen LogP contribution is 2.30. The largest absolute Gasteiger partial charge is 0.416 e. The summed E-state index contributed by atoms with van der Waals surface area (Å²) in [4.78, 5) is -0.117. The molecule has 0 fully saturated rings. The van der Waals surface area contributed by atoms with Gasteiger partial charge in [-0.2, -0.15) is 13.2 Å². The zero-order valence-electron chi connectivity index (χ0n) is 12.0. The van der Waals surface area contributed by atoms with Crippen molar-refractivity contribution in [1.82, 2.24) is 0 Å². The number of alkyl halides is 3. The number of hydrogen-bond donors (Lipinski definition) is 1. The van der Waals surface area contributed by atoms with E-state index in [1.165, 1.54) is 0 Å². The van der Waals surface area contributed by atoms with Crippen LogP contribution in [0.4, 0.5) is 13.2 Å². The van der Waals surface area contributed by atoms with E-state index in [4.69, 9.17) is 5.73 Å². The fourth-order valence-corrected chi connectivity index (χ4v) is 4.18. The van der Waals surface area contributed by atoms with E-state index in [-0.39, 0.29) is 4.90 Å². The van der Waals surface area contributed by atoms with Gasteiger partial charge in [0, 0.05) is 6.04 Å². The third-order valence-corrected chi connectivity index (χ3v) is 5.82. The summed E-state index contributed by atoms with van der Waals surface area (Å²) in [7, 11) is -3.73. The van der Waals surface area contributed by atoms with Crippen LogP contribution in [0, 0.1) is 0 Å². The molecule has 1 rings (SSSR count). The molecule has 1 aromatic carbocycles. The fraction of sp³-hybridized carbons (Fsp3) is 0.571. The van der Waals surface area contributed by atoms with Crippen molar-refractivity contribution < 1.29 is 21.6 Å². The van der Waals surface area contributed by atoms with Crippen LogP contribution in [0.2, 0.25) is 0 Å². The van der Waals surface area contributed by atoms with Crippen LogP contribution in [0.5, 0.6) is 0 Å². The first kappa shape index (κ1) is 18.0. The second kappa shape index (κ2) is 6.79. The molecule has 2 N–H and O–H groups in total. The minimum absolute atomic E-state index is 0.117. The van der Waals surface area contributed by atoms with Crippen LogP contribution in [0.15, 0.2) is 29.2 Å². The zero-order chi connectivity index (χ0) is 16.3. The summed E-state index contributed by atoms with van der Waals surface area (Å²) in [6.45, 7) is 3.61. The quantitative estimate of drug-likeness (QED) is 0.873. The first-order chi connectivity index (χ1) is 9.64. The van der Waals surface area contributed by atoms with Gasteiger partial charge in [-0.3, -0.25) is 0 Å². The molecule has 0 saturated heterocycles. The molecule has 0 bridgehead atoms. The van der Waals surface area contributed by atoms with Crippen molar-refractivity contribution in [3.05, 3.63) is 29.8 Å². The summed E-state index contributed by atoms with van der Waals surface area (Å²) in [5.41, 5.74) is 5.03. The van der Waals surface area contributed by atoms with Gasteiger partial charge >= 0.3 is 6.18 Å². The van der Waals surface area contributed by atoms with E-state index in [1.807, 2.05) is 6.92 Å². The molecule has 0 aromatic heterocycles. The van der Waals surface area contributed by atoms with E-state index in [1.54, 1.807) is 6.92 Å². The Hall–Kier alpha value is -1.08. The summed E-state index contributed by atoms with van der Waals surface area (Å²) in [6, 6.07) is 3.04. The summed E-state index contributed by atoms with van der Waals surface area (Å²) in [5, 5.41) is -0.783. The number of nitrogens with two attached hydrogens (primary N) is 1. The molecule has 0 spiro atoms. The standard InChI is InChI=1S/C14H20F3NO2S/c1-3-5-12(18)13(4-2)21(19,20)11-8-6-10(7-9-11)14(15,16)17/h6-9,12-13H,3-5,18H2,1-2H3. The molecule has 21 heavy (non-hydrogen) atoms. The van der Waals surface area contributed by atoms with Crippen molar-refractivity contribution in [3.8, 4) is 0 Å². The lowest BCUT2D eigenvalue weighted by Crippen LogP contribution is -2.40. The normalized spacial score (nSPS) is 15.7. The summed E-state index contributed by atoms with van der Waals surface area (Å²) < 4.78 is 62.5. The van der Waals surface area contributed by atoms with Crippen LogP contribution >= 0.6 is 0 Å². The Bertz CT molecular complexity index is 553. The van der Waals surface area contributed by atoms with E-state index < -0.39 is 32.9 Å². The molecule has 0 saturated carbocycles. The minimum atomic E-state index is -4.48. The van der Waals surface area contributed by atoms with Crippen LogP contribution < -0.4 is 5.73 Å². The van der Waals surface area contributed by atoms with Crippen molar-refractivity contribution in [2.24, 2.45) is 5.73 Å². The van der Waals surface area contributed by atoms with E-state index in [0.717, 1.165) is 30.7 Å². The van der Waals surface area contributed by atoms with Gasteiger partial charge in [0.2, 0.25) is 0 Å². The Morgan fingerprint density at radius 1 is 1.14 bits per heavy atom. The number of benzene rings is 1. The maximum atomic E-state index is 12.5. The second-order valence-electron chi connectivity index (χ2n) is 4.97. The van der Waals surface area contributed by atoms with Crippen LogP contribution in [0.1, 0.15) is 38.7 Å². The Labute approximate surface area is 123 Å². The molecule has 2 unspecified atom stereocenters. The molecule has 0 aliphatic carbocycles. The van der Waals surface area contributed by atoms with E-state index in [9.17, 15) is 21.6 Å². The molecular weight excluding hydrogens is 303 g/mol. The zero-order valence-corrected chi connectivity index (χ0v) is 12.8. The summed E-state index contributed by atoms with van der Waals surface area (Å²) in [6.07, 6.45) is -2.85. The van der Waals surface area contributed by atoms with Crippen LogP contribution in [-0.4, -0.2) is 19.7 Å². The van der Waals surface area contributed by atoms with Gasteiger partial charge in [0.15, 0.2) is 9.84 Å². The lowest BCUT2D eigenvalue weighted by Gasteiger charge is -2.22. The fourth-order valence-electron chi connectivity index (χ4n) is 2.28. The van der Waals surface area contributed by atoms with Crippen LogP contribution in [0.25, 0.3) is 0 Å². The predicted octanol–water partition coefficient (Wildman–Crippen LogP) is 3.39. The number of halogens is 3. The SMILES string of the molecule is CCCC(N)C(CC)S(=O)(=O)c1ccc(C(F)(F)F)cc1. The Morgan fingerprint density at radius 2 is 1.67 bits per heavy atom. The van der Waals surface area contributed by atoms with Gasteiger partial charge in [-0.25, -0.2) is 8.42 Å². The van der Waals surface area contributed by atoms with Crippen molar-refractivity contribution in [2.75, 3.05) is 0 Å². The average Bonchev–Trinajstić information content (AvgIpc) is 2.38. The predicted molar refractivity (Wildman–Crippen MR) is 75.6 cm³/mol. The molecule has 0 aliphatic heterocycles. The molecule has 1 aromatic rings. The lowest BCUT2D eigenvalue weighted by molar-refractivity contribution is -0.137. The van der Waals surface area contributed by atoms with Gasteiger partial charge in [-0.1, -0.05) is 20.3 Å². The van der Waals surface area contributed by atoms with E-state index in [2.05, 4.69) is 0 Å². The first-order valence-electron chi connectivity index (χ1n) is 6.81. The Kier molecular flexibility index (Phi) is 5.81. The minimum Gasteiger partial charge on any atom is -0.327 e. The topological polar surface area (TPSA) is 60.2 Å². The van der Waals surface area contributed by atoms with E-state index in [0.29, 0.717) is 12.8 Å². The van der Waals surface area contributed by atoms with Crippen molar-refractivity contribution >= 4 is 9.84 Å². The highest BCUT2D eigenvalue weighted by molar-refractivity contribution is 7.92. The van der Waals surface area contributed by atoms with Gasteiger partial charge in [0.1, 0.15) is 0 Å². The van der Waals surface area contributed by atoms with Crippen LogP contribution in [0.3, 0.4) is 0 Å². The monoisotopic (exact) mass is 323 g/mol. The number of hydrogen-bond acceptors (Lipinski definition) is 3. The lowest BCUT2D eigenvalue weighted by atomic mass is 10.1. The average molecular weight is 323 g/mol. The molecule has 2 atom stereocenters. The van der Waals surface area contributed by atoms with Crippen molar-refractivity contribution in [1.29, 1.82) is 0 Å². The third-order valence-electron chi connectivity index (χ3n) is 3.41. The number of sulfone groups is 1. The summed E-state index contributed by atoms with van der Waals surface area (Å²) >= 11 is 0. The molecule has 7 heteroatoms. The summed E-state index contributed by atoms with van der Waals surface area (Å²) in [5.74, 6) is 0. The number of rotatable bonds is 6. The van der Waals surface area contributed by atoms with Gasteiger partial charge in [-0.15, -0.1) is 0 Å². The Morgan fingerprint density at radius 3 is 2.05 bits per heavy atom. The molecule has 3 nitrogen and oxygen atoms in total. The Balaban J connectivity index is 3.12. The van der Waals surface area contributed by atoms with Gasteiger partial charge in [0.25, 0.3) is 0 Å². The highest BCUT2D eigenvalue weighted by Gasteiger charge is 2.33. The molecule has 0 aliphatic rings. The van der Waals surface area contributed by atoms with Crippen LogP contribution in [-0.2, 0) is 16.0 Å². The van der Waals surface area contributed by atoms with Crippen molar-refractivity contribution in [3.63, 3.8) is 0 Å². The molecule has 120 valence electrons. The second-order valence-corrected chi connectivity index (χ2v) is 7.13. The maximum Gasteiger partial charge on any atom is 0.416 e. The third kappa shape index (κ3) is 4.20. The van der Waals surface area contributed by atoms with Gasteiger partial charge in [0.05, 0.1) is 15.7 Å². The van der Waals surface area contributed by atoms with Crippen molar-refractivity contribution in [2.45, 2.75) is 55.5 Å². The highest BCUT2D eigenvalue weighted by atomic mass is 32.2. The maximum absolute atomic E-state index is 12.5.